The Morgan fingerprint density at radius 1 is 0.643 bits per heavy atom. The van der Waals surface area contributed by atoms with Crippen molar-refractivity contribution in [3.63, 3.8) is 0 Å². The summed E-state index contributed by atoms with van der Waals surface area (Å²) in [6, 6.07) is 32.6. The molecule has 0 unspecified atom stereocenters. The Morgan fingerprint density at radius 3 is 2.04 bits per heavy atom. The SMILES string of the molecule is [2H]C([2H])([2H])C(c1ccc(-c2ccnc(-c3cc(-c4cccc5c4nc(-c4cc(C)cc(C)c4O)n5-c4ccc(C(C)(C)CC)cc4C)cc(C(C)(C)C)c3)c2)cc1)(C([2H])([2H])[2H])C([2H])([2H])[2H]. The zero-order valence-corrected chi connectivity index (χ0v) is 33.9. The second-order valence-corrected chi connectivity index (χ2v) is 17.0. The van der Waals surface area contributed by atoms with Crippen molar-refractivity contribution in [2.45, 2.75) is 106 Å². The quantitative estimate of drug-likeness (QED) is 0.177. The lowest BCUT2D eigenvalue weighted by Gasteiger charge is -2.25. The average molecular weight is 749 g/mol. The van der Waals surface area contributed by atoms with Crippen LogP contribution in [0.25, 0.3) is 61.6 Å². The van der Waals surface area contributed by atoms with Crippen molar-refractivity contribution >= 4 is 11.0 Å². The molecule has 1 N–H and O–H groups in total. The molecule has 0 bridgehead atoms. The summed E-state index contributed by atoms with van der Waals surface area (Å²) in [6.07, 6.45) is 2.67. The standard InChI is InChI=1S/C52H57N3O/c1-13-52(11,12)40-21-22-45(33(3)27-40)55-46-16-14-15-42(47(46)54-49(55)43-26-32(2)25-34(4)48(43)56)37-28-38(30-41(29-37)51(8,9)10)44-31-36(23-24-53-44)35-17-19-39(20-18-35)50(5,6)7/h14-31,56H,13H2,1-12H3/i5D3,6D3,7D3. The van der Waals surface area contributed by atoms with Crippen molar-refractivity contribution in [1.82, 2.24) is 14.5 Å². The topological polar surface area (TPSA) is 50.9 Å². The van der Waals surface area contributed by atoms with E-state index < -0.39 is 26.0 Å². The van der Waals surface area contributed by atoms with Crippen LogP contribution >= 0.6 is 0 Å². The van der Waals surface area contributed by atoms with Crippen molar-refractivity contribution in [3.05, 3.63) is 143 Å². The molecule has 0 amide bonds. The summed E-state index contributed by atoms with van der Waals surface area (Å²) >= 11 is 0. The van der Waals surface area contributed by atoms with Gasteiger partial charge in [0, 0.05) is 29.7 Å². The molecule has 56 heavy (non-hydrogen) atoms. The minimum Gasteiger partial charge on any atom is -0.507 e. The Bertz CT molecular complexity index is 2900. The van der Waals surface area contributed by atoms with Gasteiger partial charge in [-0.15, -0.1) is 0 Å². The van der Waals surface area contributed by atoms with E-state index in [0.717, 1.165) is 62.1 Å². The number of aromatic nitrogens is 3. The monoisotopic (exact) mass is 749 g/mol. The number of phenols is 1. The summed E-state index contributed by atoms with van der Waals surface area (Å²) in [5, 5.41) is 11.6. The Balaban J connectivity index is 1.41. The first-order chi connectivity index (χ1) is 30.1. The highest BCUT2D eigenvalue weighted by molar-refractivity contribution is 5.97. The zero-order chi connectivity index (χ0) is 47.8. The molecular weight excluding hydrogens is 683 g/mol. The number of hydrogen-bond acceptors (Lipinski definition) is 3. The Morgan fingerprint density at radius 2 is 1.36 bits per heavy atom. The van der Waals surface area contributed by atoms with E-state index >= 15 is 0 Å². The van der Waals surface area contributed by atoms with Crippen molar-refractivity contribution in [2.24, 2.45) is 0 Å². The highest BCUT2D eigenvalue weighted by Gasteiger charge is 2.25. The van der Waals surface area contributed by atoms with Gasteiger partial charge in [-0.1, -0.05) is 123 Å². The predicted molar refractivity (Wildman–Crippen MR) is 237 cm³/mol. The maximum Gasteiger partial charge on any atom is 0.149 e. The van der Waals surface area contributed by atoms with Crippen LogP contribution in [0.5, 0.6) is 5.75 Å². The molecule has 4 nitrogen and oxygen atoms in total. The van der Waals surface area contributed by atoms with Gasteiger partial charge in [-0.05, 0) is 136 Å². The Kier molecular flexibility index (Phi) is 7.33. The van der Waals surface area contributed by atoms with E-state index in [1.165, 1.54) is 17.7 Å². The summed E-state index contributed by atoms with van der Waals surface area (Å²) in [5.41, 5.74) is 9.40. The average Bonchev–Trinajstić information content (AvgIpc) is 3.60. The molecule has 7 rings (SSSR count). The number of nitrogens with zero attached hydrogens (tertiary/aromatic N) is 3. The lowest BCUT2D eigenvalue weighted by molar-refractivity contribution is 0.472. The summed E-state index contributed by atoms with van der Waals surface area (Å²) < 4.78 is 75.6. The number of aryl methyl sites for hydroxylation is 3. The predicted octanol–water partition coefficient (Wildman–Crippen LogP) is 14.0. The van der Waals surface area contributed by atoms with E-state index in [-0.39, 0.29) is 22.1 Å². The first-order valence-electron chi connectivity index (χ1n) is 23.8. The summed E-state index contributed by atoms with van der Waals surface area (Å²) in [7, 11) is 0. The van der Waals surface area contributed by atoms with Crippen LogP contribution in [0.4, 0.5) is 0 Å². The van der Waals surface area contributed by atoms with E-state index in [1.54, 1.807) is 24.4 Å². The van der Waals surface area contributed by atoms with Gasteiger partial charge >= 0.3 is 0 Å². The molecule has 0 spiro atoms. The molecule has 0 radical (unpaired) electrons. The maximum absolute atomic E-state index is 11.6. The fourth-order valence-corrected chi connectivity index (χ4v) is 7.46. The van der Waals surface area contributed by atoms with E-state index in [9.17, 15) is 5.11 Å². The largest absolute Gasteiger partial charge is 0.507 e. The normalized spacial score (nSPS) is 15.5. The summed E-state index contributed by atoms with van der Waals surface area (Å²) in [5.74, 6) is 0.808. The number of pyridine rings is 1. The van der Waals surface area contributed by atoms with E-state index in [0.29, 0.717) is 28.2 Å². The third kappa shape index (κ3) is 7.30. The van der Waals surface area contributed by atoms with Gasteiger partial charge in [0.1, 0.15) is 11.6 Å². The molecule has 0 aliphatic rings. The maximum atomic E-state index is 11.6. The molecule has 2 heterocycles. The highest BCUT2D eigenvalue weighted by Crippen LogP contribution is 2.42. The fraction of sp³-hybridized carbons (Fsp3) is 0.308. The van der Waals surface area contributed by atoms with Gasteiger partial charge in [0.15, 0.2) is 0 Å². The van der Waals surface area contributed by atoms with Crippen molar-refractivity contribution < 1.29 is 17.4 Å². The van der Waals surface area contributed by atoms with Crippen molar-refractivity contribution in [2.75, 3.05) is 0 Å². The first kappa shape index (κ1) is 28.9. The zero-order valence-electron chi connectivity index (χ0n) is 42.9. The molecule has 286 valence electrons. The molecule has 7 aromatic rings. The highest BCUT2D eigenvalue weighted by atomic mass is 16.3. The number of benzene rings is 5. The number of fused-ring (bicyclic) bond motifs is 1. The van der Waals surface area contributed by atoms with Gasteiger partial charge in [0.25, 0.3) is 0 Å². The second kappa shape index (κ2) is 14.2. The smallest absolute Gasteiger partial charge is 0.149 e. The Hall–Kier alpha value is -5.48. The number of phenolic OH excluding ortho intramolecular Hbond substituents is 1. The van der Waals surface area contributed by atoms with E-state index in [2.05, 4.69) is 102 Å². The summed E-state index contributed by atoms with van der Waals surface area (Å²) in [6.45, 7) is 9.15. The summed E-state index contributed by atoms with van der Waals surface area (Å²) in [4.78, 5) is 10.2. The van der Waals surface area contributed by atoms with Crippen LogP contribution in [0.15, 0.2) is 109 Å². The molecule has 0 atom stereocenters. The van der Waals surface area contributed by atoms with Gasteiger partial charge in [-0.25, -0.2) is 4.98 Å². The Labute approximate surface area is 347 Å². The molecular formula is C52H57N3O. The van der Waals surface area contributed by atoms with Gasteiger partial charge < -0.3 is 5.11 Å². The molecule has 2 aromatic heterocycles. The molecule has 0 saturated heterocycles. The molecule has 4 heteroatoms. The first-order valence-corrected chi connectivity index (χ1v) is 19.3. The van der Waals surface area contributed by atoms with E-state index in [4.69, 9.17) is 22.3 Å². The minimum atomic E-state index is -3.35. The molecule has 5 aromatic carbocycles. The number of hydrogen-bond donors (Lipinski definition) is 1. The van der Waals surface area contributed by atoms with Gasteiger partial charge in [0.2, 0.25) is 0 Å². The number of aromatic hydroxyl groups is 1. The van der Waals surface area contributed by atoms with Crippen LogP contribution in [0.1, 0.15) is 114 Å². The van der Waals surface area contributed by atoms with Gasteiger partial charge in [0.05, 0.1) is 28.0 Å². The molecule has 0 fully saturated rings. The van der Waals surface area contributed by atoms with Crippen LogP contribution in [-0.4, -0.2) is 19.6 Å². The van der Waals surface area contributed by atoms with Crippen LogP contribution in [0.3, 0.4) is 0 Å². The molecule has 0 aliphatic carbocycles. The van der Waals surface area contributed by atoms with Crippen LogP contribution in [0.2, 0.25) is 0 Å². The van der Waals surface area contributed by atoms with Gasteiger partial charge in [-0.2, -0.15) is 0 Å². The number of rotatable bonds is 7. The van der Waals surface area contributed by atoms with Crippen molar-refractivity contribution in [1.29, 1.82) is 0 Å². The van der Waals surface area contributed by atoms with Gasteiger partial charge in [-0.3, -0.25) is 9.55 Å². The third-order valence-corrected chi connectivity index (χ3v) is 11.3. The lowest BCUT2D eigenvalue weighted by atomic mass is 9.81. The fourth-order valence-electron chi connectivity index (χ4n) is 7.46. The minimum absolute atomic E-state index is 0.00584. The second-order valence-electron chi connectivity index (χ2n) is 17.0. The number of para-hydroxylation sites is 1. The number of imidazole rings is 1. The molecule has 0 aliphatic heterocycles. The third-order valence-electron chi connectivity index (χ3n) is 11.3. The van der Waals surface area contributed by atoms with Crippen molar-refractivity contribution in [3.8, 4) is 56.3 Å². The van der Waals surface area contributed by atoms with Crippen LogP contribution in [-0.2, 0) is 16.2 Å². The van der Waals surface area contributed by atoms with Crippen LogP contribution < -0.4 is 0 Å². The van der Waals surface area contributed by atoms with E-state index in [1.807, 2.05) is 38.1 Å². The lowest BCUT2D eigenvalue weighted by Crippen LogP contribution is -2.16. The van der Waals surface area contributed by atoms with Crippen LogP contribution in [0, 0.1) is 20.8 Å². The molecule has 0 saturated carbocycles.